The third-order valence-electron chi connectivity index (χ3n) is 8.53. The van der Waals surface area contributed by atoms with Crippen molar-refractivity contribution in [3.05, 3.63) is 71.8 Å². The van der Waals surface area contributed by atoms with Gasteiger partial charge < -0.3 is 33.3 Å². The van der Waals surface area contributed by atoms with Gasteiger partial charge in [0.2, 0.25) is 12.7 Å². The van der Waals surface area contributed by atoms with Crippen LogP contribution in [0.3, 0.4) is 0 Å². The first-order valence-electron chi connectivity index (χ1n) is 17.9. The quantitative estimate of drug-likeness (QED) is 0.108. The van der Waals surface area contributed by atoms with E-state index in [4.69, 9.17) is 28.4 Å². The maximum absolute atomic E-state index is 14.7. The lowest BCUT2D eigenvalue weighted by atomic mass is 9.87. The molecule has 0 N–H and O–H groups in total. The van der Waals surface area contributed by atoms with Crippen molar-refractivity contribution in [1.82, 2.24) is 4.90 Å². The first-order valence-corrected chi connectivity index (χ1v) is 17.9. The minimum absolute atomic E-state index is 0.135. The molecule has 51 heavy (non-hydrogen) atoms. The average Bonchev–Trinajstić information content (AvgIpc) is 3.52. The second-order valence-electron chi connectivity index (χ2n) is 15.0. The Morgan fingerprint density at radius 3 is 2.08 bits per heavy atom. The zero-order valence-corrected chi connectivity index (χ0v) is 31.7. The van der Waals surface area contributed by atoms with Crippen LogP contribution in [0.1, 0.15) is 98.6 Å². The summed E-state index contributed by atoms with van der Waals surface area (Å²) in [7, 11) is 0. The van der Waals surface area contributed by atoms with Crippen LogP contribution in [0.4, 0.5) is 0 Å². The first kappa shape index (κ1) is 39.6. The number of amides is 1. The fourth-order valence-corrected chi connectivity index (χ4v) is 6.27. The van der Waals surface area contributed by atoms with Crippen LogP contribution in [0.5, 0.6) is 11.5 Å². The normalized spacial score (nSPS) is 14.6. The van der Waals surface area contributed by atoms with Gasteiger partial charge in [0, 0.05) is 44.6 Å². The van der Waals surface area contributed by atoms with Gasteiger partial charge in [0.05, 0.1) is 12.3 Å². The van der Waals surface area contributed by atoms with Crippen LogP contribution in [0, 0.1) is 5.92 Å². The Bertz CT molecular complexity index is 1630. The van der Waals surface area contributed by atoms with Crippen LogP contribution < -0.4 is 9.47 Å². The largest absolute Gasteiger partial charge is 0.460 e. The van der Waals surface area contributed by atoms with Gasteiger partial charge in [-0.05, 0) is 102 Å². The fourth-order valence-electron chi connectivity index (χ4n) is 6.27. The molecule has 0 radical (unpaired) electrons. The van der Waals surface area contributed by atoms with E-state index in [-0.39, 0.29) is 38.0 Å². The maximum Gasteiger partial charge on any atom is 0.310 e. The van der Waals surface area contributed by atoms with E-state index in [9.17, 15) is 14.4 Å². The van der Waals surface area contributed by atoms with Crippen molar-refractivity contribution >= 4 is 28.6 Å². The summed E-state index contributed by atoms with van der Waals surface area (Å²) in [5.74, 6) is -1.55. The van der Waals surface area contributed by atoms with E-state index in [1.807, 2.05) is 75.4 Å². The summed E-state index contributed by atoms with van der Waals surface area (Å²) in [5.41, 5.74) is 0.268. The summed E-state index contributed by atoms with van der Waals surface area (Å²) in [6.07, 6.45) is -0.631. The number of hydrogen-bond donors (Lipinski definition) is 0. The van der Waals surface area contributed by atoms with E-state index in [1.54, 1.807) is 46.4 Å². The summed E-state index contributed by atoms with van der Waals surface area (Å²) in [5, 5.41) is 2.13. The van der Waals surface area contributed by atoms with E-state index in [1.165, 1.54) is 0 Å². The molecule has 10 heteroatoms. The molecule has 0 fully saturated rings. The molecule has 1 amide bonds. The Labute approximate surface area is 302 Å². The number of hydrogen-bond acceptors (Lipinski definition) is 9. The molecule has 0 unspecified atom stereocenters. The van der Waals surface area contributed by atoms with Gasteiger partial charge in [-0.1, -0.05) is 42.5 Å². The predicted molar refractivity (Wildman–Crippen MR) is 195 cm³/mol. The third-order valence-corrected chi connectivity index (χ3v) is 8.53. The molecule has 0 aliphatic carbocycles. The highest BCUT2D eigenvalue weighted by Gasteiger charge is 2.37. The highest BCUT2D eigenvalue weighted by atomic mass is 16.7. The molecule has 4 rings (SSSR count). The van der Waals surface area contributed by atoms with Crippen LogP contribution in [-0.2, 0) is 39.9 Å². The first-order chi connectivity index (χ1) is 24.1. The molecule has 10 nitrogen and oxygen atoms in total. The van der Waals surface area contributed by atoms with Crippen LogP contribution in [0.15, 0.2) is 60.7 Å². The van der Waals surface area contributed by atoms with Crippen molar-refractivity contribution in [2.24, 2.45) is 5.92 Å². The monoisotopic (exact) mass is 705 g/mol. The van der Waals surface area contributed by atoms with E-state index < -0.39 is 41.4 Å². The second kappa shape index (κ2) is 17.4. The lowest BCUT2D eigenvalue weighted by molar-refractivity contribution is -0.169. The van der Waals surface area contributed by atoms with E-state index in [2.05, 4.69) is 6.07 Å². The van der Waals surface area contributed by atoms with Crippen molar-refractivity contribution in [2.45, 2.75) is 118 Å². The molecule has 3 aromatic rings. The number of nitrogens with zero attached hydrogens (tertiary/aromatic N) is 1. The summed E-state index contributed by atoms with van der Waals surface area (Å²) >= 11 is 0. The molecule has 1 aliphatic heterocycles. The predicted octanol–water partition coefficient (Wildman–Crippen LogP) is 7.94. The smallest absolute Gasteiger partial charge is 0.310 e. The van der Waals surface area contributed by atoms with Gasteiger partial charge in [-0.2, -0.15) is 0 Å². The highest BCUT2D eigenvalue weighted by molar-refractivity contribution is 5.87. The molecule has 1 aliphatic rings. The van der Waals surface area contributed by atoms with Crippen molar-refractivity contribution in [2.75, 3.05) is 20.0 Å². The topological polar surface area (TPSA) is 110 Å². The summed E-state index contributed by atoms with van der Waals surface area (Å²) in [4.78, 5) is 43.2. The molecule has 3 aromatic carbocycles. The average molecular weight is 706 g/mol. The summed E-state index contributed by atoms with van der Waals surface area (Å²) in [6, 6.07) is 19.6. The van der Waals surface area contributed by atoms with E-state index in [0.29, 0.717) is 31.1 Å². The van der Waals surface area contributed by atoms with Gasteiger partial charge in [0.25, 0.3) is 0 Å². The number of carbonyl (C=O) groups is 3. The van der Waals surface area contributed by atoms with Crippen molar-refractivity contribution in [3.63, 3.8) is 0 Å². The van der Waals surface area contributed by atoms with Crippen LogP contribution in [-0.4, -0.2) is 66.3 Å². The minimum atomic E-state index is -1.05. The molecule has 0 saturated heterocycles. The maximum atomic E-state index is 14.7. The Morgan fingerprint density at radius 1 is 0.784 bits per heavy atom. The molecule has 278 valence electrons. The molecule has 0 saturated carbocycles. The van der Waals surface area contributed by atoms with Crippen LogP contribution in [0.25, 0.3) is 10.8 Å². The van der Waals surface area contributed by atoms with Crippen LogP contribution in [0.2, 0.25) is 0 Å². The molecular formula is C41H55NO9. The van der Waals surface area contributed by atoms with Gasteiger partial charge in [-0.15, -0.1) is 0 Å². The Hall–Kier alpha value is -4.15. The number of carbonyl (C=O) groups excluding carboxylic acids is 3. The molecule has 1 heterocycles. The van der Waals surface area contributed by atoms with Gasteiger partial charge in [-0.3, -0.25) is 14.4 Å². The molecular weight excluding hydrogens is 650 g/mol. The molecule has 0 spiro atoms. The van der Waals surface area contributed by atoms with Crippen LogP contribution >= 0.6 is 0 Å². The van der Waals surface area contributed by atoms with Gasteiger partial charge >= 0.3 is 11.9 Å². The van der Waals surface area contributed by atoms with E-state index >= 15 is 0 Å². The number of ether oxygens (including phenoxy) is 6. The Kier molecular flexibility index (Phi) is 13.5. The lowest BCUT2D eigenvalue weighted by Crippen LogP contribution is -2.44. The number of esters is 2. The third kappa shape index (κ3) is 11.7. The molecule has 0 bridgehead atoms. The standard InChI is InChI=1S/C41H55NO9/c1-10-46-38(47-11-2)24-33(31-18-19-34-35(21-31)49-26-48-34)27(3)42(25-28-16-17-29-14-12-13-15-30(29)20-28)36(43)22-32(39(45)51-41(7,8)9)23-37(44)50-40(4,5)6/h12-21,27,32-33,38H,10-11,22-26H2,1-9H3/t27-,32-,33+/m1/s1. The fraction of sp³-hybridized carbons (Fsp3) is 0.537. The van der Waals surface area contributed by atoms with Gasteiger partial charge in [-0.25, -0.2) is 0 Å². The highest BCUT2D eigenvalue weighted by Crippen LogP contribution is 2.39. The van der Waals surface area contributed by atoms with Crippen molar-refractivity contribution in [3.8, 4) is 11.5 Å². The van der Waals surface area contributed by atoms with Gasteiger partial charge in [0.1, 0.15) is 11.2 Å². The van der Waals surface area contributed by atoms with Crippen molar-refractivity contribution < 1.29 is 42.8 Å². The summed E-state index contributed by atoms with van der Waals surface area (Å²) in [6.45, 7) is 17.7. The second-order valence-corrected chi connectivity index (χ2v) is 15.0. The lowest BCUT2D eigenvalue weighted by Gasteiger charge is -2.37. The number of fused-ring (bicyclic) bond motifs is 2. The molecule has 0 aromatic heterocycles. The van der Waals surface area contributed by atoms with Gasteiger partial charge in [0.15, 0.2) is 17.8 Å². The van der Waals surface area contributed by atoms with E-state index in [0.717, 1.165) is 21.9 Å². The number of rotatable bonds is 16. The zero-order chi connectivity index (χ0) is 37.3. The summed E-state index contributed by atoms with van der Waals surface area (Å²) < 4.78 is 34.7. The molecule has 3 atom stereocenters. The minimum Gasteiger partial charge on any atom is -0.460 e. The number of benzene rings is 3. The Morgan fingerprint density at radius 2 is 1.43 bits per heavy atom. The van der Waals surface area contributed by atoms with Crippen molar-refractivity contribution in [1.29, 1.82) is 0 Å². The SMILES string of the molecule is CCOC(C[C@H](c1ccc2c(c1)OCO2)[C@@H](C)N(Cc1ccc2ccccc2c1)C(=O)C[C@H](CC(=O)OC(C)(C)C)C(=O)OC(C)(C)C)OCC. The zero-order valence-electron chi connectivity index (χ0n) is 31.7. The Balaban J connectivity index is 1.76.